The second-order valence-corrected chi connectivity index (χ2v) is 5.82. The lowest BCUT2D eigenvalue weighted by Crippen LogP contribution is -2.51. The van der Waals surface area contributed by atoms with E-state index < -0.39 is 6.10 Å². The normalized spacial score (nSPS) is 18.7. The number of aliphatic hydroxyl groups is 1. The van der Waals surface area contributed by atoms with Crippen LogP contribution < -0.4 is 5.32 Å². The summed E-state index contributed by atoms with van der Waals surface area (Å²) in [6.07, 6.45) is 2.42. The van der Waals surface area contributed by atoms with Gasteiger partial charge in [0.15, 0.2) is 0 Å². The van der Waals surface area contributed by atoms with Crippen LogP contribution in [0, 0.1) is 5.92 Å². The molecular formula is C16H23NO2. The Morgan fingerprint density at radius 1 is 1.32 bits per heavy atom. The number of benzene rings is 1. The first-order chi connectivity index (χ1) is 9.06. The van der Waals surface area contributed by atoms with Crippen LogP contribution in [0.4, 0.5) is 0 Å². The Morgan fingerprint density at radius 3 is 2.42 bits per heavy atom. The number of amides is 1. The van der Waals surface area contributed by atoms with Crippen molar-refractivity contribution in [3.8, 4) is 0 Å². The summed E-state index contributed by atoms with van der Waals surface area (Å²) in [5, 5.41) is 12.7. The Bertz CT molecular complexity index is 424. The van der Waals surface area contributed by atoms with Gasteiger partial charge in [0.25, 0.3) is 0 Å². The van der Waals surface area contributed by atoms with Gasteiger partial charge in [0.2, 0.25) is 5.91 Å². The van der Waals surface area contributed by atoms with E-state index in [1.165, 1.54) is 0 Å². The van der Waals surface area contributed by atoms with E-state index in [0.717, 1.165) is 24.8 Å². The molecule has 1 aromatic carbocycles. The molecule has 0 spiro atoms. The highest BCUT2D eigenvalue weighted by molar-refractivity contribution is 5.89. The standard InChI is InChI=1S/C16H23NO2/c1-12(2)14(18)11-17-15(19)16(9-6-10-16)13-7-4-3-5-8-13/h3-5,7-8,12,14,18H,6,9-11H2,1-2H3,(H,17,19). The van der Waals surface area contributed by atoms with Crippen LogP contribution in [-0.4, -0.2) is 23.7 Å². The Morgan fingerprint density at radius 2 is 1.95 bits per heavy atom. The van der Waals surface area contributed by atoms with Gasteiger partial charge in [0, 0.05) is 6.54 Å². The topological polar surface area (TPSA) is 49.3 Å². The second kappa shape index (κ2) is 5.74. The highest BCUT2D eigenvalue weighted by Gasteiger charge is 2.45. The van der Waals surface area contributed by atoms with E-state index in [9.17, 15) is 9.90 Å². The first kappa shape index (κ1) is 14.1. The largest absolute Gasteiger partial charge is 0.391 e. The van der Waals surface area contributed by atoms with Crippen molar-refractivity contribution in [2.45, 2.75) is 44.6 Å². The minimum absolute atomic E-state index is 0.0599. The molecule has 0 bridgehead atoms. The van der Waals surface area contributed by atoms with Crippen molar-refractivity contribution in [2.24, 2.45) is 5.92 Å². The van der Waals surface area contributed by atoms with Crippen LogP contribution in [0.1, 0.15) is 38.7 Å². The van der Waals surface area contributed by atoms with E-state index in [1.54, 1.807) is 0 Å². The van der Waals surface area contributed by atoms with Crippen LogP contribution in [-0.2, 0) is 10.2 Å². The molecule has 1 fully saturated rings. The molecule has 1 aromatic rings. The molecule has 1 atom stereocenters. The van der Waals surface area contributed by atoms with Gasteiger partial charge >= 0.3 is 0 Å². The quantitative estimate of drug-likeness (QED) is 0.854. The number of carbonyl (C=O) groups is 1. The zero-order valence-corrected chi connectivity index (χ0v) is 11.7. The monoisotopic (exact) mass is 261 g/mol. The second-order valence-electron chi connectivity index (χ2n) is 5.82. The van der Waals surface area contributed by atoms with Crippen molar-refractivity contribution in [1.29, 1.82) is 0 Å². The fourth-order valence-corrected chi connectivity index (χ4v) is 2.54. The lowest BCUT2D eigenvalue weighted by Gasteiger charge is -2.41. The van der Waals surface area contributed by atoms with Gasteiger partial charge in [0.1, 0.15) is 0 Å². The molecule has 3 nitrogen and oxygen atoms in total. The average molecular weight is 261 g/mol. The molecule has 1 aliphatic carbocycles. The molecule has 2 rings (SSSR count). The van der Waals surface area contributed by atoms with Gasteiger partial charge in [0.05, 0.1) is 11.5 Å². The van der Waals surface area contributed by atoms with Crippen LogP contribution in [0.2, 0.25) is 0 Å². The number of nitrogens with one attached hydrogen (secondary N) is 1. The molecule has 3 heteroatoms. The summed E-state index contributed by atoms with van der Waals surface area (Å²) < 4.78 is 0. The van der Waals surface area contributed by atoms with E-state index in [-0.39, 0.29) is 17.2 Å². The first-order valence-corrected chi connectivity index (χ1v) is 7.08. The number of aliphatic hydroxyl groups excluding tert-OH is 1. The third-order valence-corrected chi connectivity index (χ3v) is 4.21. The Balaban J connectivity index is 2.04. The third-order valence-electron chi connectivity index (χ3n) is 4.21. The van der Waals surface area contributed by atoms with E-state index in [2.05, 4.69) is 5.32 Å². The molecule has 0 saturated heterocycles. The molecular weight excluding hydrogens is 238 g/mol. The van der Waals surface area contributed by atoms with Gasteiger partial charge in [-0.2, -0.15) is 0 Å². The summed E-state index contributed by atoms with van der Waals surface area (Å²) in [6, 6.07) is 9.98. The predicted molar refractivity (Wildman–Crippen MR) is 75.8 cm³/mol. The Hall–Kier alpha value is -1.35. The molecule has 0 aromatic heterocycles. The molecule has 19 heavy (non-hydrogen) atoms. The van der Waals surface area contributed by atoms with E-state index in [4.69, 9.17) is 0 Å². The SMILES string of the molecule is CC(C)C(O)CNC(=O)C1(c2ccccc2)CCC1. The number of carbonyl (C=O) groups excluding carboxylic acids is 1. The van der Waals surface area contributed by atoms with Gasteiger partial charge in [-0.1, -0.05) is 50.6 Å². The zero-order chi connectivity index (χ0) is 13.9. The maximum Gasteiger partial charge on any atom is 0.230 e. The van der Waals surface area contributed by atoms with Gasteiger partial charge in [-0.15, -0.1) is 0 Å². The number of hydrogen-bond acceptors (Lipinski definition) is 2. The van der Waals surface area contributed by atoms with Crippen molar-refractivity contribution in [3.63, 3.8) is 0 Å². The summed E-state index contributed by atoms with van der Waals surface area (Å²) in [5.41, 5.74) is 0.732. The summed E-state index contributed by atoms with van der Waals surface area (Å²) in [5.74, 6) is 0.221. The van der Waals surface area contributed by atoms with E-state index >= 15 is 0 Å². The van der Waals surface area contributed by atoms with Crippen LogP contribution in [0.15, 0.2) is 30.3 Å². The number of hydrogen-bond donors (Lipinski definition) is 2. The highest BCUT2D eigenvalue weighted by atomic mass is 16.3. The van der Waals surface area contributed by atoms with E-state index in [1.807, 2.05) is 44.2 Å². The van der Waals surface area contributed by atoms with Crippen LogP contribution in [0.5, 0.6) is 0 Å². The Labute approximate surface area is 115 Å². The van der Waals surface area contributed by atoms with E-state index in [0.29, 0.717) is 6.54 Å². The lowest BCUT2D eigenvalue weighted by molar-refractivity contribution is -0.130. The average Bonchev–Trinajstić information content (AvgIpc) is 2.35. The first-order valence-electron chi connectivity index (χ1n) is 7.08. The van der Waals surface area contributed by atoms with Crippen LogP contribution >= 0.6 is 0 Å². The summed E-state index contributed by atoms with van der Waals surface area (Å²) in [7, 11) is 0. The maximum absolute atomic E-state index is 12.5. The molecule has 1 aliphatic rings. The molecule has 0 heterocycles. The van der Waals surface area contributed by atoms with Crippen molar-refractivity contribution < 1.29 is 9.90 Å². The lowest BCUT2D eigenvalue weighted by atomic mass is 9.64. The van der Waals surface area contributed by atoms with Gasteiger partial charge in [-0.25, -0.2) is 0 Å². The van der Waals surface area contributed by atoms with Gasteiger partial charge in [-0.05, 0) is 24.3 Å². The zero-order valence-electron chi connectivity index (χ0n) is 11.7. The molecule has 1 unspecified atom stereocenters. The van der Waals surface area contributed by atoms with Crippen molar-refractivity contribution in [1.82, 2.24) is 5.32 Å². The van der Waals surface area contributed by atoms with Gasteiger partial charge in [-0.3, -0.25) is 4.79 Å². The fraction of sp³-hybridized carbons (Fsp3) is 0.562. The summed E-state index contributed by atoms with van der Waals surface area (Å²) in [4.78, 5) is 12.5. The van der Waals surface area contributed by atoms with Crippen LogP contribution in [0.25, 0.3) is 0 Å². The molecule has 0 aliphatic heterocycles. The minimum Gasteiger partial charge on any atom is -0.391 e. The van der Waals surface area contributed by atoms with Gasteiger partial charge < -0.3 is 10.4 Å². The smallest absolute Gasteiger partial charge is 0.230 e. The minimum atomic E-state index is -0.475. The number of rotatable bonds is 5. The molecule has 0 radical (unpaired) electrons. The summed E-state index contributed by atoms with van der Waals surface area (Å²) in [6.45, 7) is 4.24. The van der Waals surface area contributed by atoms with Crippen LogP contribution in [0.3, 0.4) is 0 Å². The fourth-order valence-electron chi connectivity index (χ4n) is 2.54. The molecule has 104 valence electrons. The highest BCUT2D eigenvalue weighted by Crippen LogP contribution is 2.43. The summed E-state index contributed by atoms with van der Waals surface area (Å²) >= 11 is 0. The van der Waals surface area contributed by atoms with Crippen molar-refractivity contribution >= 4 is 5.91 Å². The molecule has 1 amide bonds. The third kappa shape index (κ3) is 2.81. The molecule has 1 saturated carbocycles. The maximum atomic E-state index is 12.5. The van der Waals surface area contributed by atoms with Crippen molar-refractivity contribution in [2.75, 3.05) is 6.54 Å². The molecule has 2 N–H and O–H groups in total. The van der Waals surface area contributed by atoms with Crippen molar-refractivity contribution in [3.05, 3.63) is 35.9 Å². The Kier molecular flexibility index (Phi) is 4.25. The predicted octanol–water partition coefficient (Wildman–Crippen LogP) is 2.24.